The van der Waals surface area contributed by atoms with Gasteiger partial charge in [0.15, 0.2) is 0 Å². The lowest BCUT2D eigenvalue weighted by Crippen LogP contribution is -2.45. The van der Waals surface area contributed by atoms with Crippen molar-refractivity contribution in [3.8, 4) is 12.3 Å². The van der Waals surface area contributed by atoms with E-state index in [9.17, 15) is 4.79 Å². The number of hydrogen-bond acceptors (Lipinski definition) is 1. The van der Waals surface area contributed by atoms with Crippen LogP contribution in [0.4, 0.5) is 0 Å². The maximum absolute atomic E-state index is 12.5. The summed E-state index contributed by atoms with van der Waals surface area (Å²) in [5.41, 5.74) is 4.32. The number of rotatable bonds is 1. The second-order valence-electron chi connectivity index (χ2n) is 8.29. The van der Waals surface area contributed by atoms with E-state index in [1.165, 1.54) is 17.6 Å². The van der Waals surface area contributed by atoms with Crippen molar-refractivity contribution in [1.29, 1.82) is 0 Å². The lowest BCUT2D eigenvalue weighted by atomic mass is 9.50. The Morgan fingerprint density at radius 3 is 2.96 bits per heavy atom. The second-order valence-corrected chi connectivity index (χ2v) is 8.29. The lowest BCUT2D eigenvalue weighted by molar-refractivity contribution is -0.127. The van der Waals surface area contributed by atoms with E-state index in [4.69, 9.17) is 6.42 Å². The van der Waals surface area contributed by atoms with E-state index in [0.29, 0.717) is 17.6 Å². The Hall–Kier alpha value is -1.55. The fraction of sp³-hybridized carbons (Fsp3) is 0.591. The van der Waals surface area contributed by atoms with Gasteiger partial charge in [0.1, 0.15) is 5.78 Å². The molecule has 2 fully saturated rings. The minimum atomic E-state index is -0.106. The molecular formula is C22H26O. The van der Waals surface area contributed by atoms with Crippen LogP contribution >= 0.6 is 0 Å². The van der Waals surface area contributed by atoms with E-state index in [1.807, 2.05) is 0 Å². The third-order valence-electron chi connectivity index (χ3n) is 7.32. The molecule has 23 heavy (non-hydrogen) atoms. The average Bonchev–Trinajstić information content (AvgIpc) is 2.84. The largest absolute Gasteiger partial charge is 0.299 e. The molecule has 0 aliphatic heterocycles. The van der Waals surface area contributed by atoms with E-state index in [1.54, 1.807) is 5.57 Å². The molecule has 0 spiro atoms. The van der Waals surface area contributed by atoms with Gasteiger partial charge in [0.05, 0.1) is 0 Å². The normalized spacial score (nSPS) is 42.1. The molecule has 0 radical (unpaired) electrons. The third kappa shape index (κ3) is 1.90. The highest BCUT2D eigenvalue weighted by Gasteiger charge is 2.56. The van der Waals surface area contributed by atoms with Gasteiger partial charge >= 0.3 is 0 Å². The Morgan fingerprint density at radius 2 is 2.17 bits per heavy atom. The number of hydrogen-bond donors (Lipinski definition) is 0. The molecule has 4 atom stereocenters. The van der Waals surface area contributed by atoms with Crippen molar-refractivity contribution in [1.82, 2.24) is 0 Å². The summed E-state index contributed by atoms with van der Waals surface area (Å²) in [5, 5.41) is 0. The molecule has 0 aromatic carbocycles. The van der Waals surface area contributed by atoms with Gasteiger partial charge < -0.3 is 0 Å². The van der Waals surface area contributed by atoms with Crippen molar-refractivity contribution < 1.29 is 4.79 Å². The molecular weight excluding hydrogens is 280 g/mol. The van der Waals surface area contributed by atoms with Gasteiger partial charge in [-0.25, -0.2) is 0 Å². The van der Waals surface area contributed by atoms with E-state index in [0.717, 1.165) is 44.9 Å². The van der Waals surface area contributed by atoms with Gasteiger partial charge in [0, 0.05) is 23.7 Å². The number of fused-ring (bicyclic) bond motifs is 5. The predicted octanol–water partition coefficient (Wildman–Crippen LogP) is 5.00. The van der Waals surface area contributed by atoms with Gasteiger partial charge in [-0.1, -0.05) is 42.4 Å². The van der Waals surface area contributed by atoms with E-state index in [2.05, 4.69) is 31.6 Å². The molecule has 1 heteroatoms. The van der Waals surface area contributed by atoms with Crippen molar-refractivity contribution in [2.24, 2.45) is 22.7 Å². The van der Waals surface area contributed by atoms with E-state index >= 15 is 0 Å². The Morgan fingerprint density at radius 1 is 1.35 bits per heavy atom. The Labute approximate surface area is 139 Å². The first kappa shape index (κ1) is 15.0. The minimum absolute atomic E-state index is 0.0752. The summed E-state index contributed by atoms with van der Waals surface area (Å²) in [6.07, 6.45) is 18.6. The van der Waals surface area contributed by atoms with Crippen molar-refractivity contribution in [2.45, 2.75) is 58.3 Å². The maximum Gasteiger partial charge on any atom is 0.139 e. The Kier molecular flexibility index (Phi) is 3.24. The van der Waals surface area contributed by atoms with Gasteiger partial charge in [-0.05, 0) is 50.4 Å². The summed E-state index contributed by atoms with van der Waals surface area (Å²) >= 11 is 0. The highest BCUT2D eigenvalue weighted by atomic mass is 16.1. The van der Waals surface area contributed by atoms with Crippen LogP contribution in [0.25, 0.3) is 0 Å². The summed E-state index contributed by atoms with van der Waals surface area (Å²) in [7, 11) is 0. The van der Waals surface area contributed by atoms with Crippen LogP contribution in [0, 0.1) is 35.0 Å². The number of terminal acetylenes is 1. The fourth-order valence-electron chi connectivity index (χ4n) is 6.03. The molecule has 4 aliphatic rings. The summed E-state index contributed by atoms with van der Waals surface area (Å²) in [6.45, 7) is 6.39. The predicted molar refractivity (Wildman–Crippen MR) is 93.6 cm³/mol. The number of carbonyl (C=O) groups is 1. The SMILES string of the molecule is C#CC[C@]12CCC(=C)C=C1CCC1C2=CCC2(C)C(=O)CCC12. The zero-order valence-electron chi connectivity index (χ0n) is 14.2. The molecule has 0 N–H and O–H groups in total. The van der Waals surface area contributed by atoms with Gasteiger partial charge in [-0.3, -0.25) is 4.79 Å². The van der Waals surface area contributed by atoms with Gasteiger partial charge in [-0.15, -0.1) is 12.3 Å². The average molecular weight is 306 g/mol. The topological polar surface area (TPSA) is 17.1 Å². The first-order chi connectivity index (χ1) is 11.0. The number of allylic oxidation sites excluding steroid dienone is 5. The van der Waals surface area contributed by atoms with Crippen LogP contribution in [0.15, 0.2) is 35.5 Å². The van der Waals surface area contributed by atoms with E-state index < -0.39 is 0 Å². The summed E-state index contributed by atoms with van der Waals surface area (Å²) < 4.78 is 0. The first-order valence-corrected chi connectivity index (χ1v) is 9.07. The molecule has 2 saturated carbocycles. The number of carbonyl (C=O) groups excluding carboxylic acids is 1. The van der Waals surface area contributed by atoms with Crippen LogP contribution in [-0.4, -0.2) is 5.78 Å². The maximum atomic E-state index is 12.5. The molecule has 0 bridgehead atoms. The highest BCUT2D eigenvalue weighted by molar-refractivity contribution is 5.87. The minimum Gasteiger partial charge on any atom is -0.299 e. The molecule has 4 rings (SSSR count). The fourth-order valence-corrected chi connectivity index (χ4v) is 6.03. The molecule has 0 aromatic rings. The van der Waals surface area contributed by atoms with E-state index in [-0.39, 0.29) is 10.8 Å². The number of ketones is 1. The summed E-state index contributed by atoms with van der Waals surface area (Å²) in [6, 6.07) is 0. The van der Waals surface area contributed by atoms with Gasteiger partial charge in [-0.2, -0.15) is 0 Å². The van der Waals surface area contributed by atoms with Crippen LogP contribution < -0.4 is 0 Å². The zero-order chi connectivity index (χ0) is 16.2. The Balaban J connectivity index is 1.82. The van der Waals surface area contributed by atoms with Crippen LogP contribution in [-0.2, 0) is 4.79 Å². The van der Waals surface area contributed by atoms with Crippen molar-refractivity contribution in [3.63, 3.8) is 0 Å². The standard InChI is InChI=1S/C22H26O/c1-4-11-22-13-9-15(2)14-16(22)5-6-17-18-7-8-20(23)21(18,3)12-10-19(17)22/h1,10,14,17-18H,2,5-9,11-13H2,3H3/t17?,18?,21?,22-/m0/s1. The highest BCUT2D eigenvalue weighted by Crippen LogP contribution is 2.63. The molecule has 120 valence electrons. The van der Waals surface area contributed by atoms with Crippen molar-refractivity contribution >= 4 is 5.78 Å². The lowest BCUT2D eigenvalue weighted by Gasteiger charge is -2.53. The summed E-state index contributed by atoms with van der Waals surface area (Å²) in [5.74, 6) is 4.57. The summed E-state index contributed by atoms with van der Waals surface area (Å²) in [4.78, 5) is 12.5. The van der Waals surface area contributed by atoms with Gasteiger partial charge in [0.2, 0.25) is 0 Å². The number of Topliss-reactive ketones (excluding diaryl/α,β-unsaturated/α-hetero) is 1. The molecule has 1 nitrogen and oxygen atoms in total. The van der Waals surface area contributed by atoms with Crippen LogP contribution in [0.5, 0.6) is 0 Å². The molecule has 0 amide bonds. The van der Waals surface area contributed by atoms with Crippen molar-refractivity contribution in [3.05, 3.63) is 35.5 Å². The molecule has 0 saturated heterocycles. The first-order valence-electron chi connectivity index (χ1n) is 9.07. The molecule has 0 aromatic heterocycles. The van der Waals surface area contributed by atoms with Crippen LogP contribution in [0.1, 0.15) is 58.3 Å². The zero-order valence-corrected chi connectivity index (χ0v) is 14.2. The quantitative estimate of drug-likeness (QED) is 0.492. The smallest absolute Gasteiger partial charge is 0.139 e. The van der Waals surface area contributed by atoms with Crippen molar-refractivity contribution in [2.75, 3.05) is 0 Å². The molecule has 4 aliphatic carbocycles. The Bertz CT molecular complexity index is 685. The molecule has 3 unspecified atom stereocenters. The van der Waals surface area contributed by atoms with Crippen LogP contribution in [0.2, 0.25) is 0 Å². The third-order valence-corrected chi connectivity index (χ3v) is 7.32. The monoisotopic (exact) mass is 306 g/mol. The molecule has 0 heterocycles. The van der Waals surface area contributed by atoms with Gasteiger partial charge in [0.25, 0.3) is 0 Å². The second kappa shape index (κ2) is 4.97. The van der Waals surface area contributed by atoms with Crippen LogP contribution in [0.3, 0.4) is 0 Å².